The van der Waals surface area contributed by atoms with Gasteiger partial charge in [0.05, 0.1) is 11.8 Å². The molecule has 0 saturated heterocycles. The van der Waals surface area contributed by atoms with Crippen molar-refractivity contribution >= 4 is 20.8 Å². The molecule has 0 radical (unpaired) electrons. The summed E-state index contributed by atoms with van der Waals surface area (Å²) in [5.74, 6) is 6.17. The van der Waals surface area contributed by atoms with Crippen LogP contribution in [0.1, 0.15) is 18.2 Å². The van der Waals surface area contributed by atoms with Crippen LogP contribution >= 0.6 is 0 Å². The third-order valence-electron chi connectivity index (χ3n) is 2.77. The Kier molecular flexibility index (Phi) is 3.70. The van der Waals surface area contributed by atoms with Crippen LogP contribution in [0.4, 0.5) is 0 Å². The normalized spacial score (nSPS) is 13.9. The number of nitrogens with one attached hydrogen (secondary N) is 1. The van der Waals surface area contributed by atoms with Crippen LogP contribution in [0.2, 0.25) is 0 Å². The van der Waals surface area contributed by atoms with E-state index in [1.807, 2.05) is 30.3 Å². The zero-order valence-corrected chi connectivity index (χ0v) is 10.9. The number of hydrogen-bond donors (Lipinski definition) is 2. The molecule has 3 N–H and O–H groups in total. The third-order valence-corrected chi connectivity index (χ3v) is 3.74. The summed E-state index contributed by atoms with van der Waals surface area (Å²) in [5.41, 5.74) is 3.36. The summed E-state index contributed by atoms with van der Waals surface area (Å²) in [4.78, 5) is 0. The predicted molar refractivity (Wildman–Crippen MR) is 70.6 cm³/mol. The molecule has 2 aromatic rings. The zero-order valence-electron chi connectivity index (χ0n) is 10.1. The molecule has 0 amide bonds. The van der Waals surface area contributed by atoms with Crippen LogP contribution in [-0.2, 0) is 9.84 Å². The molecule has 0 aliphatic heterocycles. The Labute approximate surface area is 106 Å². The minimum Gasteiger partial charge on any atom is -0.459 e. The van der Waals surface area contributed by atoms with Gasteiger partial charge in [0.15, 0.2) is 0 Å². The number of hydrogen-bond acceptors (Lipinski definition) is 5. The van der Waals surface area contributed by atoms with Gasteiger partial charge in [0.25, 0.3) is 0 Å². The molecule has 1 atom stereocenters. The Balaban J connectivity index is 2.21. The molecule has 0 saturated carbocycles. The van der Waals surface area contributed by atoms with Crippen LogP contribution in [0.15, 0.2) is 34.7 Å². The molecule has 1 aromatic carbocycles. The Morgan fingerprint density at radius 3 is 2.72 bits per heavy atom. The number of rotatable bonds is 5. The van der Waals surface area contributed by atoms with E-state index in [0.29, 0.717) is 12.2 Å². The SMILES string of the molecule is CS(=O)(=O)CCC(NN)c1cc2ccccc2o1. The Hall–Kier alpha value is -1.37. The highest BCUT2D eigenvalue weighted by molar-refractivity contribution is 7.90. The number of para-hydroxylation sites is 1. The van der Waals surface area contributed by atoms with E-state index in [0.717, 1.165) is 11.0 Å². The molecule has 98 valence electrons. The fourth-order valence-electron chi connectivity index (χ4n) is 1.81. The number of benzene rings is 1. The van der Waals surface area contributed by atoms with Gasteiger partial charge < -0.3 is 4.42 Å². The zero-order chi connectivity index (χ0) is 13.2. The van der Waals surface area contributed by atoms with E-state index in [9.17, 15) is 8.42 Å². The molecule has 0 bridgehead atoms. The Bertz CT molecular complexity index is 601. The van der Waals surface area contributed by atoms with E-state index in [1.165, 1.54) is 6.26 Å². The minimum absolute atomic E-state index is 0.0684. The molecule has 0 aliphatic rings. The van der Waals surface area contributed by atoms with Crippen molar-refractivity contribution in [3.05, 3.63) is 36.1 Å². The van der Waals surface area contributed by atoms with Gasteiger partial charge in [0.1, 0.15) is 21.2 Å². The van der Waals surface area contributed by atoms with Gasteiger partial charge in [-0.3, -0.25) is 5.84 Å². The summed E-state index contributed by atoms with van der Waals surface area (Å²) in [6.45, 7) is 0. The molecular weight excluding hydrogens is 252 g/mol. The van der Waals surface area contributed by atoms with Crippen LogP contribution in [0.5, 0.6) is 0 Å². The Morgan fingerprint density at radius 2 is 2.11 bits per heavy atom. The number of sulfone groups is 1. The smallest absolute Gasteiger partial charge is 0.147 e. The standard InChI is InChI=1S/C12H16N2O3S/c1-18(15,16)7-6-10(14-13)12-8-9-4-2-3-5-11(9)17-12/h2-5,8,10,14H,6-7,13H2,1H3. The first-order valence-corrected chi connectivity index (χ1v) is 7.68. The second-order valence-corrected chi connectivity index (χ2v) is 6.58. The summed E-state index contributed by atoms with van der Waals surface area (Å²) < 4.78 is 28.0. The van der Waals surface area contributed by atoms with Crippen LogP contribution in [0.3, 0.4) is 0 Å². The molecule has 6 heteroatoms. The second kappa shape index (κ2) is 5.09. The second-order valence-electron chi connectivity index (χ2n) is 4.32. The quantitative estimate of drug-likeness (QED) is 0.632. The van der Waals surface area contributed by atoms with Gasteiger partial charge in [-0.15, -0.1) is 0 Å². The van der Waals surface area contributed by atoms with Crippen molar-refractivity contribution in [3.8, 4) is 0 Å². The molecule has 1 heterocycles. The number of nitrogens with two attached hydrogens (primary N) is 1. The lowest BCUT2D eigenvalue weighted by Crippen LogP contribution is -2.29. The van der Waals surface area contributed by atoms with Crippen molar-refractivity contribution < 1.29 is 12.8 Å². The van der Waals surface area contributed by atoms with Gasteiger partial charge in [-0.05, 0) is 18.6 Å². The average molecular weight is 268 g/mol. The van der Waals surface area contributed by atoms with Gasteiger partial charge in [0.2, 0.25) is 0 Å². The van der Waals surface area contributed by atoms with E-state index in [2.05, 4.69) is 5.43 Å². The predicted octanol–water partition coefficient (Wildman–Crippen LogP) is 1.37. The topological polar surface area (TPSA) is 85.3 Å². The average Bonchev–Trinajstić information content (AvgIpc) is 2.71. The van der Waals surface area contributed by atoms with E-state index in [1.54, 1.807) is 0 Å². The number of furan rings is 1. The van der Waals surface area contributed by atoms with Crippen molar-refractivity contribution in [3.63, 3.8) is 0 Å². The van der Waals surface area contributed by atoms with E-state index in [-0.39, 0.29) is 11.8 Å². The highest BCUT2D eigenvalue weighted by Gasteiger charge is 2.17. The summed E-state index contributed by atoms with van der Waals surface area (Å²) >= 11 is 0. The summed E-state index contributed by atoms with van der Waals surface area (Å²) in [5, 5.41) is 0.979. The summed E-state index contributed by atoms with van der Waals surface area (Å²) in [6, 6.07) is 9.18. The largest absolute Gasteiger partial charge is 0.459 e. The molecule has 0 aliphatic carbocycles. The minimum atomic E-state index is -3.00. The highest BCUT2D eigenvalue weighted by Crippen LogP contribution is 2.25. The highest BCUT2D eigenvalue weighted by atomic mass is 32.2. The molecule has 0 spiro atoms. The molecule has 5 nitrogen and oxygen atoms in total. The maximum Gasteiger partial charge on any atom is 0.147 e. The molecule has 2 rings (SSSR count). The first-order valence-electron chi connectivity index (χ1n) is 5.62. The lowest BCUT2D eigenvalue weighted by molar-refractivity contribution is 0.427. The fourth-order valence-corrected chi connectivity index (χ4v) is 2.48. The van der Waals surface area contributed by atoms with Crippen molar-refractivity contribution in [2.75, 3.05) is 12.0 Å². The number of hydrazine groups is 1. The maximum absolute atomic E-state index is 11.2. The number of fused-ring (bicyclic) bond motifs is 1. The third kappa shape index (κ3) is 3.10. The summed E-state index contributed by atoms with van der Waals surface area (Å²) in [6.07, 6.45) is 1.59. The van der Waals surface area contributed by atoms with E-state index >= 15 is 0 Å². The first kappa shape index (κ1) is 13.1. The first-order chi connectivity index (χ1) is 8.49. The van der Waals surface area contributed by atoms with Gasteiger partial charge in [0, 0.05) is 11.6 Å². The summed E-state index contributed by atoms with van der Waals surface area (Å²) in [7, 11) is -3.00. The van der Waals surface area contributed by atoms with Gasteiger partial charge in [-0.25, -0.2) is 13.8 Å². The van der Waals surface area contributed by atoms with Crippen LogP contribution in [-0.4, -0.2) is 20.4 Å². The van der Waals surface area contributed by atoms with Crippen molar-refractivity contribution in [1.82, 2.24) is 5.43 Å². The van der Waals surface area contributed by atoms with Gasteiger partial charge in [-0.2, -0.15) is 0 Å². The Morgan fingerprint density at radius 1 is 1.39 bits per heavy atom. The maximum atomic E-state index is 11.2. The van der Waals surface area contributed by atoms with Gasteiger partial charge >= 0.3 is 0 Å². The lowest BCUT2D eigenvalue weighted by atomic mass is 10.1. The molecule has 1 aromatic heterocycles. The fraction of sp³-hybridized carbons (Fsp3) is 0.333. The van der Waals surface area contributed by atoms with Gasteiger partial charge in [-0.1, -0.05) is 18.2 Å². The van der Waals surface area contributed by atoms with Crippen LogP contribution in [0, 0.1) is 0 Å². The molecule has 0 fully saturated rings. The van der Waals surface area contributed by atoms with Crippen molar-refractivity contribution in [1.29, 1.82) is 0 Å². The van der Waals surface area contributed by atoms with Crippen molar-refractivity contribution in [2.24, 2.45) is 5.84 Å². The van der Waals surface area contributed by atoms with E-state index < -0.39 is 9.84 Å². The molecular formula is C12H16N2O3S. The molecule has 1 unspecified atom stereocenters. The van der Waals surface area contributed by atoms with Crippen LogP contribution < -0.4 is 11.3 Å². The lowest BCUT2D eigenvalue weighted by Gasteiger charge is -2.11. The van der Waals surface area contributed by atoms with Crippen LogP contribution in [0.25, 0.3) is 11.0 Å². The monoisotopic (exact) mass is 268 g/mol. The van der Waals surface area contributed by atoms with E-state index in [4.69, 9.17) is 10.3 Å². The molecule has 18 heavy (non-hydrogen) atoms. The van der Waals surface area contributed by atoms with Crippen molar-refractivity contribution in [2.45, 2.75) is 12.5 Å².